The molecule has 0 amide bonds. The number of hydrogen-bond acceptors (Lipinski definition) is 1. The fraction of sp³-hybridized carbons (Fsp3) is 1.00. The zero-order valence-corrected chi connectivity index (χ0v) is 13.8. The van der Waals surface area contributed by atoms with Crippen LogP contribution in [0, 0.1) is 5.92 Å². The summed E-state index contributed by atoms with van der Waals surface area (Å²) in [7, 11) is 0. The van der Waals surface area contributed by atoms with Crippen molar-refractivity contribution in [2.75, 3.05) is 0 Å². The second kappa shape index (κ2) is 14.4. The van der Waals surface area contributed by atoms with Crippen LogP contribution in [0.3, 0.4) is 0 Å². The Morgan fingerprint density at radius 2 is 1.05 bits per heavy atom. The lowest BCUT2D eigenvalue weighted by Crippen LogP contribution is -2.05. The van der Waals surface area contributed by atoms with E-state index in [1.165, 1.54) is 70.6 Å². The van der Waals surface area contributed by atoms with Crippen molar-refractivity contribution in [3.63, 3.8) is 0 Å². The minimum absolute atomic E-state index is 0.0298. The van der Waals surface area contributed by atoms with Crippen LogP contribution in [0.15, 0.2) is 0 Å². The summed E-state index contributed by atoms with van der Waals surface area (Å²) in [6.07, 6.45) is 16.6. The van der Waals surface area contributed by atoms with Crippen LogP contribution in [0.2, 0.25) is 0 Å². The first-order chi connectivity index (χ1) is 9.16. The zero-order valence-electron chi connectivity index (χ0n) is 13.8. The Labute approximate surface area is 122 Å². The Morgan fingerprint density at radius 1 is 0.632 bits per heavy atom. The van der Waals surface area contributed by atoms with Crippen LogP contribution in [0.4, 0.5) is 0 Å². The predicted molar refractivity (Wildman–Crippen MR) is 86.5 cm³/mol. The lowest BCUT2D eigenvalue weighted by molar-refractivity contribution is 0.147. The van der Waals surface area contributed by atoms with E-state index in [1.807, 2.05) is 0 Å². The van der Waals surface area contributed by atoms with E-state index in [1.54, 1.807) is 0 Å². The minimum Gasteiger partial charge on any atom is -0.393 e. The van der Waals surface area contributed by atoms with Crippen molar-refractivity contribution >= 4 is 0 Å². The highest BCUT2D eigenvalue weighted by Gasteiger charge is 2.03. The van der Waals surface area contributed by atoms with Gasteiger partial charge in [-0.2, -0.15) is 0 Å². The number of rotatable bonds is 14. The molecule has 0 rings (SSSR count). The standard InChI is InChI=1S/C18H38O/c1-4-5-6-12-15-18(19)16-13-10-8-7-9-11-14-17(2)3/h17-19H,4-16H2,1-3H3. The third-order valence-corrected chi connectivity index (χ3v) is 3.96. The monoisotopic (exact) mass is 270 g/mol. The van der Waals surface area contributed by atoms with Crippen molar-refractivity contribution in [1.82, 2.24) is 0 Å². The van der Waals surface area contributed by atoms with E-state index in [4.69, 9.17) is 0 Å². The summed E-state index contributed by atoms with van der Waals surface area (Å²) in [5.41, 5.74) is 0. The number of aliphatic hydroxyl groups excluding tert-OH is 1. The molecule has 0 aromatic heterocycles. The molecular formula is C18H38O. The van der Waals surface area contributed by atoms with Crippen molar-refractivity contribution in [3.8, 4) is 0 Å². The second-order valence-corrected chi connectivity index (χ2v) is 6.60. The highest BCUT2D eigenvalue weighted by molar-refractivity contribution is 4.57. The van der Waals surface area contributed by atoms with Gasteiger partial charge in [0.15, 0.2) is 0 Å². The molecule has 1 N–H and O–H groups in total. The summed E-state index contributed by atoms with van der Waals surface area (Å²) in [5, 5.41) is 9.85. The minimum atomic E-state index is -0.0298. The molecule has 0 radical (unpaired) electrons. The average molecular weight is 271 g/mol. The number of aliphatic hydroxyl groups is 1. The molecule has 1 heteroatoms. The molecule has 19 heavy (non-hydrogen) atoms. The Hall–Kier alpha value is -0.0400. The van der Waals surface area contributed by atoms with Gasteiger partial charge in [-0.3, -0.25) is 0 Å². The number of hydrogen-bond donors (Lipinski definition) is 1. The molecule has 0 spiro atoms. The molecule has 0 saturated heterocycles. The third-order valence-electron chi connectivity index (χ3n) is 3.96. The van der Waals surface area contributed by atoms with E-state index in [9.17, 15) is 5.11 Å². The molecule has 116 valence electrons. The first kappa shape index (κ1) is 19.0. The Balaban J connectivity index is 3.12. The van der Waals surface area contributed by atoms with Crippen molar-refractivity contribution in [1.29, 1.82) is 0 Å². The Kier molecular flexibility index (Phi) is 14.3. The van der Waals surface area contributed by atoms with Crippen molar-refractivity contribution in [2.24, 2.45) is 5.92 Å². The molecule has 0 bridgehead atoms. The molecule has 0 fully saturated rings. The van der Waals surface area contributed by atoms with E-state index < -0.39 is 0 Å². The second-order valence-electron chi connectivity index (χ2n) is 6.60. The van der Waals surface area contributed by atoms with Gasteiger partial charge in [0, 0.05) is 0 Å². The van der Waals surface area contributed by atoms with Crippen molar-refractivity contribution in [2.45, 2.75) is 110 Å². The van der Waals surface area contributed by atoms with Crippen LogP contribution >= 0.6 is 0 Å². The lowest BCUT2D eigenvalue weighted by atomic mass is 10.0. The normalized spacial score (nSPS) is 13.1. The molecule has 0 aliphatic heterocycles. The molecule has 1 unspecified atom stereocenters. The van der Waals surface area contributed by atoms with Crippen molar-refractivity contribution in [3.05, 3.63) is 0 Å². The third kappa shape index (κ3) is 15.9. The molecule has 0 aromatic carbocycles. The summed E-state index contributed by atoms with van der Waals surface area (Å²) in [6.45, 7) is 6.85. The lowest BCUT2D eigenvalue weighted by Gasteiger charge is -2.10. The highest BCUT2D eigenvalue weighted by atomic mass is 16.3. The van der Waals surface area contributed by atoms with Crippen LogP contribution in [0.1, 0.15) is 104 Å². The molecule has 0 saturated carbocycles. The summed E-state index contributed by atoms with van der Waals surface area (Å²) < 4.78 is 0. The van der Waals surface area contributed by atoms with E-state index in [0.717, 1.165) is 18.8 Å². The summed E-state index contributed by atoms with van der Waals surface area (Å²) >= 11 is 0. The van der Waals surface area contributed by atoms with Gasteiger partial charge in [0.1, 0.15) is 0 Å². The molecule has 0 aliphatic carbocycles. The van der Waals surface area contributed by atoms with Crippen molar-refractivity contribution < 1.29 is 5.11 Å². The highest BCUT2D eigenvalue weighted by Crippen LogP contribution is 2.14. The van der Waals surface area contributed by atoms with Crippen LogP contribution in [0.5, 0.6) is 0 Å². The fourth-order valence-electron chi connectivity index (χ4n) is 2.59. The van der Waals surface area contributed by atoms with Gasteiger partial charge in [0.05, 0.1) is 6.10 Å². The van der Waals surface area contributed by atoms with Gasteiger partial charge in [-0.1, -0.05) is 91.4 Å². The molecule has 0 heterocycles. The largest absolute Gasteiger partial charge is 0.393 e. The maximum Gasteiger partial charge on any atom is 0.0540 e. The number of unbranched alkanes of at least 4 members (excludes halogenated alkanes) is 8. The first-order valence-corrected chi connectivity index (χ1v) is 8.84. The molecular weight excluding hydrogens is 232 g/mol. The zero-order chi connectivity index (χ0) is 14.3. The van der Waals surface area contributed by atoms with Crippen LogP contribution in [0.25, 0.3) is 0 Å². The molecule has 1 atom stereocenters. The van der Waals surface area contributed by atoms with Gasteiger partial charge in [-0.25, -0.2) is 0 Å². The molecule has 1 nitrogen and oxygen atoms in total. The smallest absolute Gasteiger partial charge is 0.0540 e. The first-order valence-electron chi connectivity index (χ1n) is 8.84. The van der Waals surface area contributed by atoms with Gasteiger partial charge in [-0.05, 0) is 18.8 Å². The van der Waals surface area contributed by atoms with E-state index in [2.05, 4.69) is 20.8 Å². The molecule has 0 aromatic rings. The average Bonchev–Trinajstić information content (AvgIpc) is 2.37. The topological polar surface area (TPSA) is 20.2 Å². The quantitative estimate of drug-likeness (QED) is 0.378. The maximum absolute atomic E-state index is 9.85. The van der Waals surface area contributed by atoms with Crippen LogP contribution < -0.4 is 0 Å². The Morgan fingerprint density at radius 3 is 1.53 bits per heavy atom. The van der Waals surface area contributed by atoms with Gasteiger partial charge in [-0.15, -0.1) is 0 Å². The van der Waals surface area contributed by atoms with E-state index >= 15 is 0 Å². The van der Waals surface area contributed by atoms with Gasteiger partial charge < -0.3 is 5.11 Å². The summed E-state index contributed by atoms with van der Waals surface area (Å²) in [6, 6.07) is 0. The van der Waals surface area contributed by atoms with E-state index in [0.29, 0.717) is 0 Å². The molecule has 0 aliphatic rings. The maximum atomic E-state index is 9.85. The van der Waals surface area contributed by atoms with E-state index in [-0.39, 0.29) is 6.10 Å². The van der Waals surface area contributed by atoms with Crippen LogP contribution in [-0.4, -0.2) is 11.2 Å². The fourth-order valence-corrected chi connectivity index (χ4v) is 2.59. The summed E-state index contributed by atoms with van der Waals surface area (Å²) in [5.74, 6) is 0.864. The van der Waals surface area contributed by atoms with Gasteiger partial charge >= 0.3 is 0 Å². The SMILES string of the molecule is CCCCCCC(O)CCCCCCCCC(C)C. The van der Waals surface area contributed by atoms with Crippen LogP contribution in [-0.2, 0) is 0 Å². The predicted octanol–water partition coefficient (Wildman–Crippen LogP) is 6.09. The van der Waals surface area contributed by atoms with Gasteiger partial charge in [0.25, 0.3) is 0 Å². The summed E-state index contributed by atoms with van der Waals surface area (Å²) in [4.78, 5) is 0. The van der Waals surface area contributed by atoms with Gasteiger partial charge in [0.2, 0.25) is 0 Å². The Bertz CT molecular complexity index is 165.